The highest BCUT2D eigenvalue weighted by Gasteiger charge is 2.25. The van der Waals surface area contributed by atoms with E-state index in [9.17, 15) is 4.79 Å². The van der Waals surface area contributed by atoms with Crippen molar-refractivity contribution in [2.24, 2.45) is 11.7 Å². The number of rotatable bonds is 5. The number of nitrogens with two attached hydrogens (primary N) is 1. The summed E-state index contributed by atoms with van der Waals surface area (Å²) >= 11 is 0. The second-order valence-electron chi connectivity index (χ2n) is 5.89. The molecule has 1 aromatic carbocycles. The molecule has 2 N–H and O–H groups in total. The highest BCUT2D eigenvalue weighted by atomic mass is 16.5. The number of hydrogen-bond acceptors (Lipinski definition) is 3. The number of hydrogen-bond donors (Lipinski definition) is 1. The summed E-state index contributed by atoms with van der Waals surface area (Å²) in [6.45, 7) is 5.82. The maximum atomic E-state index is 12.2. The quantitative estimate of drug-likeness (QED) is 0.904. The lowest BCUT2D eigenvalue weighted by molar-refractivity contribution is -0.135. The van der Waals surface area contributed by atoms with Crippen molar-refractivity contribution in [1.29, 1.82) is 0 Å². The summed E-state index contributed by atoms with van der Waals surface area (Å²) in [6.07, 6.45) is 3.15. The van der Waals surface area contributed by atoms with Gasteiger partial charge in [-0.3, -0.25) is 4.79 Å². The van der Waals surface area contributed by atoms with E-state index in [0.717, 1.165) is 38.1 Å². The number of carbonyl (C=O) groups is 1. The summed E-state index contributed by atoms with van der Waals surface area (Å²) in [4.78, 5) is 14.1. The predicted molar refractivity (Wildman–Crippen MR) is 84.3 cm³/mol. The SMILES string of the molecule is CCc1ccc(OCC(=O)N2CCCC(C(C)N)C2)cc1. The van der Waals surface area contributed by atoms with Gasteiger partial charge in [0.2, 0.25) is 0 Å². The number of carbonyl (C=O) groups excluding carboxylic acids is 1. The van der Waals surface area contributed by atoms with Gasteiger partial charge < -0.3 is 15.4 Å². The third-order valence-electron chi connectivity index (χ3n) is 4.25. The molecule has 1 aromatic rings. The van der Waals surface area contributed by atoms with Crippen molar-refractivity contribution in [3.8, 4) is 5.75 Å². The highest BCUT2D eigenvalue weighted by molar-refractivity contribution is 5.77. The van der Waals surface area contributed by atoms with Gasteiger partial charge in [-0.05, 0) is 49.8 Å². The van der Waals surface area contributed by atoms with Crippen LogP contribution in [0, 0.1) is 5.92 Å². The van der Waals surface area contributed by atoms with Crippen LogP contribution in [-0.2, 0) is 11.2 Å². The molecule has 4 nitrogen and oxygen atoms in total. The molecule has 0 bridgehead atoms. The molecule has 1 aliphatic heterocycles. The van der Waals surface area contributed by atoms with Crippen molar-refractivity contribution in [2.45, 2.75) is 39.2 Å². The van der Waals surface area contributed by atoms with Crippen molar-refractivity contribution in [1.82, 2.24) is 4.90 Å². The van der Waals surface area contributed by atoms with Gasteiger partial charge in [-0.2, -0.15) is 0 Å². The van der Waals surface area contributed by atoms with Crippen LogP contribution in [0.1, 0.15) is 32.3 Å². The van der Waals surface area contributed by atoms with Crippen LogP contribution in [0.4, 0.5) is 0 Å². The van der Waals surface area contributed by atoms with Crippen LogP contribution in [0.15, 0.2) is 24.3 Å². The average molecular weight is 290 g/mol. The van der Waals surface area contributed by atoms with E-state index in [-0.39, 0.29) is 18.6 Å². The number of amides is 1. The van der Waals surface area contributed by atoms with E-state index in [1.165, 1.54) is 5.56 Å². The molecule has 21 heavy (non-hydrogen) atoms. The summed E-state index contributed by atoms with van der Waals surface area (Å²) in [7, 11) is 0. The van der Waals surface area contributed by atoms with Crippen molar-refractivity contribution in [2.75, 3.05) is 19.7 Å². The molecule has 0 aliphatic carbocycles. The van der Waals surface area contributed by atoms with Crippen molar-refractivity contribution < 1.29 is 9.53 Å². The van der Waals surface area contributed by atoms with Crippen molar-refractivity contribution in [3.63, 3.8) is 0 Å². The van der Waals surface area contributed by atoms with E-state index >= 15 is 0 Å². The molecule has 4 heteroatoms. The van der Waals surface area contributed by atoms with E-state index in [0.29, 0.717) is 5.92 Å². The first-order chi connectivity index (χ1) is 10.1. The number of piperidine rings is 1. The lowest BCUT2D eigenvalue weighted by Crippen LogP contribution is -2.46. The monoisotopic (exact) mass is 290 g/mol. The lowest BCUT2D eigenvalue weighted by atomic mass is 9.92. The van der Waals surface area contributed by atoms with Crippen LogP contribution < -0.4 is 10.5 Å². The van der Waals surface area contributed by atoms with Crippen molar-refractivity contribution in [3.05, 3.63) is 29.8 Å². The minimum atomic E-state index is 0.0555. The Morgan fingerprint density at radius 1 is 1.43 bits per heavy atom. The lowest BCUT2D eigenvalue weighted by Gasteiger charge is -2.34. The molecule has 0 aromatic heterocycles. The first-order valence-corrected chi connectivity index (χ1v) is 7.85. The van der Waals surface area contributed by atoms with E-state index in [1.54, 1.807) is 0 Å². The first kappa shape index (κ1) is 15.8. The molecular weight excluding hydrogens is 264 g/mol. The third-order valence-corrected chi connectivity index (χ3v) is 4.25. The van der Waals surface area contributed by atoms with Gasteiger partial charge in [0.25, 0.3) is 5.91 Å². The predicted octanol–water partition coefficient (Wildman–Crippen LogP) is 2.21. The van der Waals surface area contributed by atoms with Crippen molar-refractivity contribution >= 4 is 5.91 Å². The van der Waals surface area contributed by atoms with Gasteiger partial charge in [0, 0.05) is 19.1 Å². The van der Waals surface area contributed by atoms with Gasteiger partial charge in [0.05, 0.1) is 0 Å². The van der Waals surface area contributed by atoms with Gasteiger partial charge in [-0.1, -0.05) is 19.1 Å². The zero-order valence-corrected chi connectivity index (χ0v) is 13.0. The fourth-order valence-corrected chi connectivity index (χ4v) is 2.72. The second kappa shape index (κ2) is 7.46. The van der Waals surface area contributed by atoms with Gasteiger partial charge in [-0.15, -0.1) is 0 Å². The second-order valence-corrected chi connectivity index (χ2v) is 5.89. The third kappa shape index (κ3) is 4.46. The van der Waals surface area contributed by atoms with Gasteiger partial charge in [-0.25, -0.2) is 0 Å². The maximum absolute atomic E-state index is 12.2. The average Bonchev–Trinajstić information content (AvgIpc) is 2.53. The van der Waals surface area contributed by atoms with Crippen LogP contribution in [0.2, 0.25) is 0 Å². The van der Waals surface area contributed by atoms with Gasteiger partial charge >= 0.3 is 0 Å². The zero-order chi connectivity index (χ0) is 15.2. The Kier molecular flexibility index (Phi) is 5.62. The first-order valence-electron chi connectivity index (χ1n) is 7.85. The molecule has 1 saturated heterocycles. The molecule has 0 saturated carbocycles. The van der Waals surface area contributed by atoms with E-state index in [1.807, 2.05) is 36.1 Å². The molecule has 116 valence electrons. The van der Waals surface area contributed by atoms with Crippen LogP contribution in [0.3, 0.4) is 0 Å². The Hall–Kier alpha value is -1.55. The Morgan fingerprint density at radius 2 is 2.14 bits per heavy atom. The topological polar surface area (TPSA) is 55.6 Å². The molecule has 2 rings (SSSR count). The molecule has 1 aliphatic rings. The zero-order valence-electron chi connectivity index (χ0n) is 13.0. The molecule has 0 radical (unpaired) electrons. The molecule has 1 heterocycles. The maximum Gasteiger partial charge on any atom is 0.260 e. The Balaban J connectivity index is 1.83. The van der Waals surface area contributed by atoms with E-state index in [2.05, 4.69) is 6.92 Å². The molecule has 2 atom stereocenters. The fourth-order valence-electron chi connectivity index (χ4n) is 2.72. The molecule has 0 spiro atoms. The molecule has 1 fully saturated rings. The summed E-state index contributed by atoms with van der Waals surface area (Å²) in [5.41, 5.74) is 7.22. The summed E-state index contributed by atoms with van der Waals surface area (Å²) in [6, 6.07) is 8.06. The fraction of sp³-hybridized carbons (Fsp3) is 0.588. The van der Waals surface area contributed by atoms with Crippen LogP contribution in [0.25, 0.3) is 0 Å². The summed E-state index contributed by atoms with van der Waals surface area (Å²) in [5.74, 6) is 1.22. The minimum Gasteiger partial charge on any atom is -0.484 e. The number of benzene rings is 1. The number of aryl methyl sites for hydroxylation is 1. The van der Waals surface area contributed by atoms with Crippen LogP contribution in [0.5, 0.6) is 5.75 Å². The summed E-state index contributed by atoms with van der Waals surface area (Å²) < 4.78 is 5.59. The molecular formula is C17H26N2O2. The Morgan fingerprint density at radius 3 is 2.76 bits per heavy atom. The molecule has 1 amide bonds. The standard InChI is InChI=1S/C17H26N2O2/c1-3-14-6-8-16(9-7-14)21-12-17(20)19-10-4-5-15(11-19)13(2)18/h6-9,13,15H,3-5,10-12,18H2,1-2H3. The van der Waals surface area contributed by atoms with Crippen LogP contribution >= 0.6 is 0 Å². The minimum absolute atomic E-state index is 0.0555. The number of ether oxygens (including phenoxy) is 1. The Labute approximate surface area is 127 Å². The van der Waals surface area contributed by atoms with Gasteiger partial charge in [0.1, 0.15) is 5.75 Å². The van der Waals surface area contributed by atoms with E-state index < -0.39 is 0 Å². The highest BCUT2D eigenvalue weighted by Crippen LogP contribution is 2.19. The summed E-state index contributed by atoms with van der Waals surface area (Å²) in [5, 5.41) is 0. The Bertz CT molecular complexity index is 456. The van der Waals surface area contributed by atoms with Crippen LogP contribution in [-0.4, -0.2) is 36.5 Å². The number of likely N-dealkylation sites (tertiary alicyclic amines) is 1. The smallest absolute Gasteiger partial charge is 0.260 e. The number of nitrogens with zero attached hydrogens (tertiary/aromatic N) is 1. The molecule has 2 unspecified atom stereocenters. The van der Waals surface area contributed by atoms with E-state index in [4.69, 9.17) is 10.5 Å². The normalized spacial score (nSPS) is 20.1. The largest absolute Gasteiger partial charge is 0.484 e. The van der Waals surface area contributed by atoms with Gasteiger partial charge in [0.15, 0.2) is 6.61 Å².